The molecular weight excluding hydrogens is 194 g/mol. The van der Waals surface area contributed by atoms with Gasteiger partial charge >= 0.3 is 5.97 Å². The molecule has 0 aliphatic carbocycles. The van der Waals surface area contributed by atoms with Gasteiger partial charge in [-0.25, -0.2) is 9.48 Å². The van der Waals surface area contributed by atoms with E-state index in [2.05, 4.69) is 22.0 Å². The fourth-order valence-electron chi connectivity index (χ4n) is 1.43. The quantitative estimate of drug-likeness (QED) is 0.691. The third-order valence-electron chi connectivity index (χ3n) is 2.27. The van der Waals surface area contributed by atoms with Crippen LogP contribution in [0.3, 0.4) is 0 Å². The molecule has 15 heavy (non-hydrogen) atoms. The molecule has 0 aliphatic rings. The van der Waals surface area contributed by atoms with Gasteiger partial charge in [0.1, 0.15) is 0 Å². The van der Waals surface area contributed by atoms with Gasteiger partial charge in [-0.2, -0.15) is 0 Å². The molecule has 0 saturated heterocycles. The van der Waals surface area contributed by atoms with Gasteiger partial charge in [-0.3, -0.25) is 0 Å². The first-order valence-electron chi connectivity index (χ1n) is 5.25. The number of hydrogen-bond donors (Lipinski definition) is 0. The minimum atomic E-state index is -0.408. The van der Waals surface area contributed by atoms with Crippen molar-refractivity contribution in [3.05, 3.63) is 11.4 Å². The number of hydrogen-bond acceptors (Lipinski definition) is 4. The molecule has 0 aromatic carbocycles. The molecule has 1 heterocycles. The summed E-state index contributed by atoms with van der Waals surface area (Å²) in [6, 6.07) is 0. The molecule has 0 unspecified atom stereocenters. The normalized spacial score (nSPS) is 10.3. The van der Waals surface area contributed by atoms with E-state index in [1.807, 2.05) is 6.92 Å². The lowest BCUT2D eigenvalue weighted by atomic mass is 10.2. The van der Waals surface area contributed by atoms with Gasteiger partial charge in [0.05, 0.1) is 12.8 Å². The van der Waals surface area contributed by atoms with Crippen LogP contribution in [-0.2, 0) is 17.7 Å². The third-order valence-corrected chi connectivity index (χ3v) is 2.27. The van der Waals surface area contributed by atoms with Gasteiger partial charge in [-0.05, 0) is 12.8 Å². The summed E-state index contributed by atoms with van der Waals surface area (Å²) in [4.78, 5) is 11.3. The van der Waals surface area contributed by atoms with E-state index in [-0.39, 0.29) is 0 Å². The van der Waals surface area contributed by atoms with Crippen molar-refractivity contribution in [3.8, 4) is 0 Å². The largest absolute Gasteiger partial charge is 0.464 e. The van der Waals surface area contributed by atoms with Gasteiger partial charge in [0.15, 0.2) is 5.69 Å². The van der Waals surface area contributed by atoms with E-state index in [0.29, 0.717) is 5.69 Å². The topological polar surface area (TPSA) is 57.0 Å². The molecule has 84 valence electrons. The van der Waals surface area contributed by atoms with Crippen LogP contribution >= 0.6 is 0 Å². The highest BCUT2D eigenvalue weighted by molar-refractivity contribution is 5.88. The first kappa shape index (κ1) is 11.7. The van der Waals surface area contributed by atoms with Crippen LogP contribution in [0.1, 0.15) is 42.9 Å². The van der Waals surface area contributed by atoms with E-state index in [4.69, 9.17) is 0 Å². The zero-order valence-corrected chi connectivity index (χ0v) is 9.49. The highest BCUT2D eigenvalue weighted by Gasteiger charge is 2.18. The van der Waals surface area contributed by atoms with Gasteiger partial charge in [0.25, 0.3) is 0 Å². The molecule has 0 spiro atoms. The lowest BCUT2D eigenvalue weighted by Crippen LogP contribution is -2.09. The molecule has 0 bridgehead atoms. The summed E-state index contributed by atoms with van der Waals surface area (Å²) in [6.45, 7) is 4.90. The number of unbranched alkanes of at least 4 members (excludes halogenated alkanes) is 1. The minimum Gasteiger partial charge on any atom is -0.464 e. The molecule has 0 amide bonds. The van der Waals surface area contributed by atoms with Crippen LogP contribution in [0, 0.1) is 0 Å². The zero-order chi connectivity index (χ0) is 11.3. The van der Waals surface area contributed by atoms with Crippen LogP contribution in [0.15, 0.2) is 0 Å². The highest BCUT2D eigenvalue weighted by Crippen LogP contribution is 2.08. The number of esters is 1. The predicted molar refractivity (Wildman–Crippen MR) is 55.6 cm³/mol. The van der Waals surface area contributed by atoms with E-state index in [1.54, 1.807) is 4.68 Å². The maximum Gasteiger partial charge on any atom is 0.360 e. The summed E-state index contributed by atoms with van der Waals surface area (Å²) in [5.41, 5.74) is 1.20. The summed E-state index contributed by atoms with van der Waals surface area (Å²) >= 11 is 0. The van der Waals surface area contributed by atoms with Crippen LogP contribution in [0.2, 0.25) is 0 Å². The summed E-state index contributed by atoms with van der Waals surface area (Å²) in [6.07, 6.45) is 2.87. The molecule has 0 radical (unpaired) electrons. The molecule has 1 aromatic heterocycles. The molecule has 1 aromatic rings. The van der Waals surface area contributed by atoms with Crippen molar-refractivity contribution >= 4 is 5.97 Å². The van der Waals surface area contributed by atoms with E-state index in [0.717, 1.165) is 31.5 Å². The van der Waals surface area contributed by atoms with Crippen LogP contribution in [0.4, 0.5) is 0 Å². The highest BCUT2D eigenvalue weighted by atomic mass is 16.5. The number of carbonyl (C=O) groups excluding carboxylic acids is 1. The second-order valence-corrected chi connectivity index (χ2v) is 3.31. The first-order valence-corrected chi connectivity index (χ1v) is 5.25. The number of nitrogens with zero attached hydrogens (tertiary/aromatic N) is 3. The van der Waals surface area contributed by atoms with E-state index in [1.165, 1.54) is 7.11 Å². The Morgan fingerprint density at radius 2 is 2.20 bits per heavy atom. The van der Waals surface area contributed by atoms with Crippen molar-refractivity contribution in [2.75, 3.05) is 7.11 Å². The Labute approximate surface area is 89.4 Å². The summed E-state index contributed by atoms with van der Waals surface area (Å²) in [5, 5.41) is 7.81. The fourth-order valence-corrected chi connectivity index (χ4v) is 1.43. The number of carbonyl (C=O) groups is 1. The van der Waals surface area contributed by atoms with Crippen molar-refractivity contribution in [2.24, 2.45) is 0 Å². The molecule has 0 saturated carbocycles. The number of rotatable bonds is 5. The van der Waals surface area contributed by atoms with Crippen molar-refractivity contribution < 1.29 is 9.53 Å². The molecule has 0 atom stereocenters. The number of methoxy groups -OCH3 is 1. The first-order chi connectivity index (χ1) is 7.24. The maximum absolute atomic E-state index is 11.3. The molecule has 5 heteroatoms. The summed E-state index contributed by atoms with van der Waals surface area (Å²) in [7, 11) is 1.35. The van der Waals surface area contributed by atoms with Crippen LogP contribution < -0.4 is 0 Å². The zero-order valence-electron chi connectivity index (χ0n) is 9.49. The van der Waals surface area contributed by atoms with Gasteiger partial charge in [0.2, 0.25) is 0 Å². The summed E-state index contributed by atoms with van der Waals surface area (Å²) < 4.78 is 6.43. The number of aryl methyl sites for hydroxylation is 1. The smallest absolute Gasteiger partial charge is 0.360 e. The Kier molecular flexibility index (Phi) is 4.27. The Bertz CT molecular complexity index is 333. The summed E-state index contributed by atoms with van der Waals surface area (Å²) in [5.74, 6) is -0.408. The van der Waals surface area contributed by atoms with E-state index < -0.39 is 5.97 Å². The van der Waals surface area contributed by atoms with Gasteiger partial charge < -0.3 is 4.74 Å². The van der Waals surface area contributed by atoms with Crippen molar-refractivity contribution in [3.63, 3.8) is 0 Å². The Morgan fingerprint density at radius 3 is 2.73 bits per heavy atom. The lowest BCUT2D eigenvalue weighted by Gasteiger charge is -2.03. The van der Waals surface area contributed by atoms with Crippen LogP contribution in [-0.4, -0.2) is 28.1 Å². The van der Waals surface area contributed by atoms with Gasteiger partial charge in [0, 0.05) is 6.54 Å². The Morgan fingerprint density at radius 1 is 1.47 bits per heavy atom. The molecular formula is C10H17N3O2. The van der Waals surface area contributed by atoms with Crippen LogP contribution in [0.5, 0.6) is 0 Å². The van der Waals surface area contributed by atoms with Crippen molar-refractivity contribution in [1.82, 2.24) is 15.0 Å². The Hall–Kier alpha value is -1.39. The minimum absolute atomic E-state index is 0.344. The monoisotopic (exact) mass is 211 g/mol. The van der Waals surface area contributed by atoms with Crippen molar-refractivity contribution in [2.45, 2.75) is 39.7 Å². The second kappa shape index (κ2) is 5.48. The van der Waals surface area contributed by atoms with E-state index in [9.17, 15) is 4.79 Å². The molecule has 0 N–H and O–H groups in total. The Balaban J connectivity index is 2.90. The standard InChI is InChI=1S/C10H17N3O2/c1-4-6-7-13-8(5-2)9(11-12-13)10(14)15-3/h4-7H2,1-3H3. The molecule has 0 aliphatic heterocycles. The molecule has 0 fully saturated rings. The average Bonchev–Trinajstić information content (AvgIpc) is 2.67. The molecule has 1 rings (SSSR count). The fraction of sp³-hybridized carbons (Fsp3) is 0.700. The maximum atomic E-state index is 11.3. The predicted octanol–water partition coefficient (Wildman–Crippen LogP) is 1.43. The van der Waals surface area contributed by atoms with Gasteiger partial charge in [-0.1, -0.05) is 25.5 Å². The van der Waals surface area contributed by atoms with Crippen LogP contribution in [0.25, 0.3) is 0 Å². The SMILES string of the molecule is CCCCn1nnc(C(=O)OC)c1CC. The second-order valence-electron chi connectivity index (χ2n) is 3.31. The number of aromatic nitrogens is 3. The van der Waals surface area contributed by atoms with E-state index >= 15 is 0 Å². The average molecular weight is 211 g/mol. The number of ether oxygens (including phenoxy) is 1. The van der Waals surface area contributed by atoms with Gasteiger partial charge in [-0.15, -0.1) is 5.10 Å². The third kappa shape index (κ3) is 2.55. The lowest BCUT2D eigenvalue weighted by molar-refractivity contribution is 0.0592. The van der Waals surface area contributed by atoms with Crippen molar-refractivity contribution in [1.29, 1.82) is 0 Å². The molecule has 5 nitrogen and oxygen atoms in total.